The van der Waals surface area contributed by atoms with E-state index in [1.165, 1.54) is 10.5 Å². The van der Waals surface area contributed by atoms with Crippen molar-refractivity contribution in [2.24, 2.45) is 7.05 Å². The summed E-state index contributed by atoms with van der Waals surface area (Å²) in [6, 6.07) is 8.36. The number of nitrogens with zero attached hydrogens (tertiary/aromatic N) is 4. The third-order valence-corrected chi connectivity index (χ3v) is 6.71. The Morgan fingerprint density at radius 2 is 2.00 bits per heavy atom. The van der Waals surface area contributed by atoms with Crippen molar-refractivity contribution in [2.45, 2.75) is 38.7 Å². The first-order valence-electron chi connectivity index (χ1n) is 10.9. The molecular weight excluding hydrogens is 443 g/mol. The van der Waals surface area contributed by atoms with Gasteiger partial charge in [-0.3, -0.25) is 13.9 Å². The van der Waals surface area contributed by atoms with E-state index in [-0.39, 0.29) is 17.6 Å². The second kappa shape index (κ2) is 8.39. The lowest BCUT2D eigenvalue weighted by Gasteiger charge is -2.30. The fraction of sp³-hybridized carbons (Fsp3) is 0.320. The summed E-state index contributed by atoms with van der Waals surface area (Å²) in [7, 11) is 1.88. The Labute approximate surface area is 195 Å². The van der Waals surface area contributed by atoms with Crippen LogP contribution in [0.3, 0.4) is 0 Å². The number of ether oxygens (including phenoxy) is 1. The third-order valence-electron chi connectivity index (χ3n) is 6.48. The van der Waals surface area contributed by atoms with Crippen LogP contribution in [0.1, 0.15) is 47.2 Å². The Balaban J connectivity index is 1.67. The normalized spacial score (nSPS) is 18.7. The third kappa shape index (κ3) is 3.96. The van der Waals surface area contributed by atoms with Crippen LogP contribution in [0.15, 0.2) is 47.5 Å². The molecule has 3 aromatic heterocycles. The molecule has 170 valence electrons. The van der Waals surface area contributed by atoms with E-state index in [1.54, 1.807) is 23.7 Å². The quantitative estimate of drug-likeness (QED) is 0.419. The molecule has 0 aliphatic carbocycles. The average Bonchev–Trinajstić information content (AvgIpc) is 3.23. The van der Waals surface area contributed by atoms with Gasteiger partial charge in [-0.15, -0.1) is 0 Å². The molecule has 0 spiro atoms. The summed E-state index contributed by atoms with van der Waals surface area (Å²) in [6.07, 6.45) is 5.31. The zero-order valence-corrected chi connectivity index (χ0v) is 19.4. The number of hydrogen-bond donors (Lipinski definition) is 0. The summed E-state index contributed by atoms with van der Waals surface area (Å²) in [5.41, 5.74) is 4.34. The van der Waals surface area contributed by atoms with Crippen molar-refractivity contribution in [3.8, 4) is 11.3 Å². The summed E-state index contributed by atoms with van der Waals surface area (Å²) in [4.78, 5) is 17.9. The maximum absolute atomic E-state index is 15.0. The highest BCUT2D eigenvalue weighted by molar-refractivity contribution is 6.30. The van der Waals surface area contributed by atoms with Crippen molar-refractivity contribution >= 4 is 17.2 Å². The van der Waals surface area contributed by atoms with E-state index in [0.717, 1.165) is 24.0 Å². The molecule has 1 saturated heterocycles. The molecule has 0 N–H and O–H groups in total. The first-order chi connectivity index (χ1) is 15.8. The van der Waals surface area contributed by atoms with Crippen LogP contribution in [0.2, 0.25) is 5.02 Å². The van der Waals surface area contributed by atoms with Gasteiger partial charge in [-0.1, -0.05) is 11.6 Å². The largest absolute Gasteiger partial charge is 0.373 e. The Bertz CT molecular complexity index is 1430. The predicted molar refractivity (Wildman–Crippen MR) is 125 cm³/mol. The molecule has 1 aliphatic rings. The molecule has 0 saturated carbocycles. The predicted octanol–water partition coefficient (Wildman–Crippen LogP) is 5.14. The van der Waals surface area contributed by atoms with Gasteiger partial charge in [-0.25, -0.2) is 9.37 Å². The average molecular weight is 467 g/mol. The van der Waals surface area contributed by atoms with Gasteiger partial charge in [0.2, 0.25) is 0 Å². The smallest absolute Gasteiger partial charge is 0.261 e. The number of aryl methyl sites for hydroxylation is 2. The van der Waals surface area contributed by atoms with Crippen LogP contribution in [0, 0.1) is 19.7 Å². The van der Waals surface area contributed by atoms with Crippen LogP contribution in [-0.4, -0.2) is 25.8 Å². The number of rotatable bonds is 3. The van der Waals surface area contributed by atoms with Gasteiger partial charge in [0.05, 0.1) is 18.0 Å². The van der Waals surface area contributed by atoms with Gasteiger partial charge in [0.15, 0.2) is 0 Å². The number of aromatic nitrogens is 4. The van der Waals surface area contributed by atoms with E-state index in [2.05, 4.69) is 10.1 Å². The van der Waals surface area contributed by atoms with E-state index < -0.39 is 5.82 Å². The fourth-order valence-electron chi connectivity index (χ4n) is 4.54. The zero-order chi connectivity index (χ0) is 23.3. The molecule has 6 nitrogen and oxygen atoms in total. The van der Waals surface area contributed by atoms with E-state index in [4.69, 9.17) is 16.3 Å². The van der Waals surface area contributed by atoms with Gasteiger partial charge in [0.25, 0.3) is 5.56 Å². The number of pyridine rings is 1. The van der Waals surface area contributed by atoms with Gasteiger partial charge in [0, 0.05) is 47.3 Å². The first kappa shape index (κ1) is 21.8. The topological polar surface area (TPSA) is 61.4 Å². The summed E-state index contributed by atoms with van der Waals surface area (Å²) in [5.74, 6) is -0.312. The van der Waals surface area contributed by atoms with Crippen molar-refractivity contribution in [2.75, 3.05) is 6.61 Å². The minimum Gasteiger partial charge on any atom is -0.373 e. The van der Waals surface area contributed by atoms with E-state index in [0.29, 0.717) is 39.8 Å². The van der Waals surface area contributed by atoms with Gasteiger partial charge in [0.1, 0.15) is 11.5 Å². The van der Waals surface area contributed by atoms with Crippen LogP contribution in [0.5, 0.6) is 0 Å². The molecule has 2 atom stereocenters. The van der Waals surface area contributed by atoms with E-state index in [1.807, 2.05) is 38.5 Å². The van der Waals surface area contributed by atoms with Crippen molar-refractivity contribution < 1.29 is 9.13 Å². The SMILES string of the molecule is Cc1nc2cc([C@@H]3CCO[C@H](c4cnn(C)c4)C3)cc(-c3ccc(Cl)cc3F)n2c(=O)c1C. The van der Waals surface area contributed by atoms with Gasteiger partial charge in [-0.05, 0) is 68.5 Å². The molecule has 8 heteroatoms. The van der Waals surface area contributed by atoms with Gasteiger partial charge >= 0.3 is 0 Å². The Hall–Kier alpha value is -3.03. The number of benzene rings is 1. The molecule has 4 aromatic rings. The maximum atomic E-state index is 15.0. The van der Waals surface area contributed by atoms with Crippen LogP contribution in [0.25, 0.3) is 16.9 Å². The summed E-state index contributed by atoms with van der Waals surface area (Å²) < 4.78 is 24.3. The van der Waals surface area contributed by atoms with Crippen molar-refractivity contribution in [3.05, 3.63) is 86.3 Å². The second-order valence-corrected chi connectivity index (χ2v) is 9.08. The van der Waals surface area contributed by atoms with Crippen molar-refractivity contribution in [3.63, 3.8) is 0 Å². The highest BCUT2D eigenvalue weighted by Crippen LogP contribution is 2.39. The maximum Gasteiger partial charge on any atom is 0.261 e. The molecule has 1 fully saturated rings. The monoisotopic (exact) mass is 466 g/mol. The molecule has 0 radical (unpaired) electrons. The highest BCUT2D eigenvalue weighted by Gasteiger charge is 2.27. The highest BCUT2D eigenvalue weighted by atomic mass is 35.5. The number of fused-ring (bicyclic) bond motifs is 1. The lowest BCUT2D eigenvalue weighted by molar-refractivity contribution is 0.00523. The van der Waals surface area contributed by atoms with E-state index in [9.17, 15) is 9.18 Å². The molecule has 1 aliphatic heterocycles. The standard InChI is InChI=1S/C25H24ClFN4O2/c1-14-15(2)29-24-10-17(16-6-7-33-23(9-16)18-12-28-30(3)13-18)8-22(31(24)25(14)32)20-5-4-19(26)11-21(20)27/h4-5,8,10-13,16,23H,6-7,9H2,1-3H3/t16-,23+/m1/s1. The molecule has 0 amide bonds. The zero-order valence-electron chi connectivity index (χ0n) is 18.7. The summed E-state index contributed by atoms with van der Waals surface area (Å²) in [6.45, 7) is 4.16. The minimum atomic E-state index is -0.480. The minimum absolute atomic E-state index is 0.0701. The fourth-order valence-corrected chi connectivity index (χ4v) is 4.70. The van der Waals surface area contributed by atoms with Gasteiger partial charge in [-0.2, -0.15) is 5.10 Å². The van der Waals surface area contributed by atoms with Crippen LogP contribution in [0.4, 0.5) is 4.39 Å². The van der Waals surface area contributed by atoms with Crippen molar-refractivity contribution in [1.82, 2.24) is 19.2 Å². The van der Waals surface area contributed by atoms with E-state index >= 15 is 0 Å². The van der Waals surface area contributed by atoms with Crippen LogP contribution >= 0.6 is 11.6 Å². The number of halogens is 2. The Morgan fingerprint density at radius 1 is 1.18 bits per heavy atom. The van der Waals surface area contributed by atoms with Crippen LogP contribution < -0.4 is 5.56 Å². The molecule has 0 unspecified atom stereocenters. The Kier molecular flexibility index (Phi) is 5.54. The van der Waals surface area contributed by atoms with Gasteiger partial charge < -0.3 is 4.74 Å². The summed E-state index contributed by atoms with van der Waals surface area (Å²) in [5, 5.41) is 4.57. The van der Waals surface area contributed by atoms with Crippen molar-refractivity contribution in [1.29, 1.82) is 0 Å². The lowest BCUT2D eigenvalue weighted by Crippen LogP contribution is -2.23. The molecular formula is C25H24ClFN4O2. The molecule has 5 rings (SSSR count). The Morgan fingerprint density at radius 3 is 2.73 bits per heavy atom. The molecule has 1 aromatic carbocycles. The van der Waals surface area contributed by atoms with Crippen LogP contribution in [-0.2, 0) is 11.8 Å². The molecule has 4 heterocycles. The summed E-state index contributed by atoms with van der Waals surface area (Å²) >= 11 is 5.99. The molecule has 0 bridgehead atoms. The molecule has 33 heavy (non-hydrogen) atoms. The first-order valence-corrected chi connectivity index (χ1v) is 11.3. The lowest BCUT2D eigenvalue weighted by atomic mass is 9.86. The second-order valence-electron chi connectivity index (χ2n) is 8.65. The number of hydrogen-bond acceptors (Lipinski definition) is 4.